The Morgan fingerprint density at radius 3 is 2.35 bits per heavy atom. The fourth-order valence-electron chi connectivity index (χ4n) is 3.45. The lowest BCUT2D eigenvalue weighted by Crippen LogP contribution is -2.29. The Bertz CT molecular complexity index is 747. The first-order valence-corrected chi connectivity index (χ1v) is 7.94. The fourth-order valence-corrected chi connectivity index (χ4v) is 3.45. The van der Waals surface area contributed by atoms with Crippen LogP contribution in [0.3, 0.4) is 0 Å². The second-order valence-corrected chi connectivity index (χ2v) is 6.30. The zero-order valence-electron chi connectivity index (χ0n) is 13.8. The lowest BCUT2D eigenvalue weighted by Gasteiger charge is -2.37. The highest BCUT2D eigenvalue weighted by Crippen LogP contribution is 2.39. The zero-order valence-corrected chi connectivity index (χ0v) is 13.8. The fraction of sp³-hybridized carbons (Fsp3) is 0.250. The molecule has 0 amide bonds. The molecule has 2 aromatic rings. The van der Waals surface area contributed by atoms with Gasteiger partial charge in [-0.3, -0.25) is 0 Å². The molecule has 1 N–H and O–H groups in total. The summed E-state index contributed by atoms with van der Waals surface area (Å²) in [5.74, 6) is 0.491. The second-order valence-electron chi connectivity index (χ2n) is 6.30. The van der Waals surface area contributed by atoms with Gasteiger partial charge in [0, 0.05) is 24.4 Å². The van der Waals surface area contributed by atoms with E-state index in [0.717, 1.165) is 16.7 Å². The largest absolute Gasteiger partial charge is 0.410 e. The molecular weight excluding hydrogens is 284 g/mol. The van der Waals surface area contributed by atoms with Crippen LogP contribution in [0.4, 0.5) is 0 Å². The van der Waals surface area contributed by atoms with Crippen LogP contribution in [-0.2, 0) is 0 Å². The number of hydrogen-bond donors (Lipinski definition) is 1. The van der Waals surface area contributed by atoms with E-state index in [1.165, 1.54) is 5.56 Å². The Balaban J connectivity index is 2.15. The Hall–Kier alpha value is -2.55. The van der Waals surface area contributed by atoms with Gasteiger partial charge >= 0.3 is 0 Å². The van der Waals surface area contributed by atoms with Crippen LogP contribution in [-0.4, -0.2) is 22.9 Å². The monoisotopic (exact) mass is 306 g/mol. The summed E-state index contributed by atoms with van der Waals surface area (Å²) in [4.78, 5) is 2.22. The number of nitrogens with zero attached hydrogens (tertiary/aromatic N) is 2. The quantitative estimate of drug-likeness (QED) is 0.513. The van der Waals surface area contributed by atoms with Crippen molar-refractivity contribution < 1.29 is 5.21 Å². The molecule has 118 valence electrons. The van der Waals surface area contributed by atoms with Gasteiger partial charge < -0.3 is 10.1 Å². The van der Waals surface area contributed by atoms with Gasteiger partial charge in [-0.05, 0) is 17.0 Å². The predicted molar refractivity (Wildman–Crippen MR) is 94.5 cm³/mol. The maximum atomic E-state index is 9.65. The summed E-state index contributed by atoms with van der Waals surface area (Å²) < 4.78 is 0. The van der Waals surface area contributed by atoms with Gasteiger partial charge in [0.1, 0.15) is 5.71 Å². The second kappa shape index (κ2) is 6.29. The standard InChI is InChI=1S/C20H22N2O/c1-14(2)20-17-12-8-7-11-16(17)18(13-22(20)3)19(21-23)15-9-5-4-6-10-15/h4-14,20,23H,1-3H3/b21-19+/t20-/m0/s1. The minimum absolute atomic E-state index is 0.325. The average Bonchev–Trinajstić information content (AvgIpc) is 2.56. The van der Waals surface area contributed by atoms with Crippen LogP contribution in [0.5, 0.6) is 0 Å². The van der Waals surface area contributed by atoms with Gasteiger partial charge in [-0.2, -0.15) is 0 Å². The first-order valence-electron chi connectivity index (χ1n) is 7.94. The van der Waals surface area contributed by atoms with Crippen molar-refractivity contribution in [2.45, 2.75) is 19.9 Å². The number of fused-ring (bicyclic) bond motifs is 1. The van der Waals surface area contributed by atoms with Crippen molar-refractivity contribution in [2.24, 2.45) is 11.1 Å². The molecule has 0 saturated heterocycles. The molecular formula is C20H22N2O. The first kappa shape index (κ1) is 15.3. The van der Waals surface area contributed by atoms with E-state index < -0.39 is 0 Å². The van der Waals surface area contributed by atoms with Crippen LogP contribution in [0, 0.1) is 5.92 Å². The highest BCUT2D eigenvalue weighted by Gasteiger charge is 2.29. The van der Waals surface area contributed by atoms with Crippen molar-refractivity contribution in [3.05, 3.63) is 77.5 Å². The van der Waals surface area contributed by atoms with Crippen molar-refractivity contribution in [1.82, 2.24) is 4.90 Å². The summed E-state index contributed by atoms with van der Waals surface area (Å²) in [6, 6.07) is 18.5. The number of hydrogen-bond acceptors (Lipinski definition) is 3. The highest BCUT2D eigenvalue weighted by atomic mass is 16.4. The van der Waals surface area contributed by atoms with E-state index in [4.69, 9.17) is 0 Å². The first-order chi connectivity index (χ1) is 11.1. The van der Waals surface area contributed by atoms with Crippen molar-refractivity contribution in [3.8, 4) is 0 Å². The molecule has 0 radical (unpaired) electrons. The number of benzene rings is 2. The molecule has 0 fully saturated rings. The summed E-state index contributed by atoms with van der Waals surface area (Å²) in [5, 5.41) is 13.3. The lowest BCUT2D eigenvalue weighted by atomic mass is 9.83. The topological polar surface area (TPSA) is 35.8 Å². The summed E-state index contributed by atoms with van der Waals surface area (Å²) in [7, 11) is 2.08. The molecule has 3 heteroatoms. The van der Waals surface area contributed by atoms with Gasteiger partial charge in [0.05, 0.1) is 6.04 Å². The van der Waals surface area contributed by atoms with Crippen LogP contribution < -0.4 is 0 Å². The molecule has 0 bridgehead atoms. The minimum Gasteiger partial charge on any atom is -0.410 e. The molecule has 0 aromatic heterocycles. The van der Waals surface area contributed by atoms with Gasteiger partial charge in [0.15, 0.2) is 0 Å². The smallest absolute Gasteiger partial charge is 0.119 e. The van der Waals surface area contributed by atoms with Crippen LogP contribution in [0.1, 0.15) is 36.6 Å². The van der Waals surface area contributed by atoms with Crippen LogP contribution >= 0.6 is 0 Å². The third-order valence-corrected chi connectivity index (χ3v) is 4.37. The van der Waals surface area contributed by atoms with Crippen molar-refractivity contribution in [3.63, 3.8) is 0 Å². The maximum Gasteiger partial charge on any atom is 0.119 e. The number of allylic oxidation sites excluding steroid dienone is 1. The molecule has 1 atom stereocenters. The van der Waals surface area contributed by atoms with Crippen molar-refractivity contribution >= 4 is 11.3 Å². The highest BCUT2D eigenvalue weighted by molar-refractivity contribution is 6.32. The van der Waals surface area contributed by atoms with E-state index in [1.54, 1.807) is 0 Å². The zero-order chi connectivity index (χ0) is 16.4. The molecule has 23 heavy (non-hydrogen) atoms. The number of oxime groups is 1. The van der Waals surface area contributed by atoms with Gasteiger partial charge in [0.25, 0.3) is 0 Å². The molecule has 3 rings (SSSR count). The Morgan fingerprint density at radius 2 is 1.70 bits per heavy atom. The minimum atomic E-state index is 0.325. The Kier molecular flexibility index (Phi) is 4.20. The van der Waals surface area contributed by atoms with Crippen molar-refractivity contribution in [1.29, 1.82) is 0 Å². The molecule has 1 heterocycles. The molecule has 0 unspecified atom stereocenters. The third-order valence-electron chi connectivity index (χ3n) is 4.37. The average molecular weight is 306 g/mol. The van der Waals surface area contributed by atoms with Gasteiger partial charge in [-0.25, -0.2) is 0 Å². The van der Waals surface area contributed by atoms with Crippen LogP contribution in [0.2, 0.25) is 0 Å². The van der Waals surface area contributed by atoms with Crippen molar-refractivity contribution in [2.75, 3.05) is 7.05 Å². The molecule has 0 aliphatic carbocycles. The van der Waals surface area contributed by atoms with E-state index in [9.17, 15) is 5.21 Å². The summed E-state index contributed by atoms with van der Waals surface area (Å²) in [5.41, 5.74) is 4.88. The molecule has 0 spiro atoms. The molecule has 2 aromatic carbocycles. The molecule has 0 saturated carbocycles. The van der Waals surface area contributed by atoms with E-state index >= 15 is 0 Å². The van der Waals surface area contributed by atoms with Crippen LogP contribution in [0.25, 0.3) is 5.57 Å². The molecule has 1 aliphatic heterocycles. The van der Waals surface area contributed by atoms with E-state index in [2.05, 4.69) is 55.3 Å². The Labute approximate surface area is 137 Å². The molecule has 3 nitrogen and oxygen atoms in total. The van der Waals surface area contributed by atoms with E-state index in [-0.39, 0.29) is 0 Å². The van der Waals surface area contributed by atoms with E-state index in [0.29, 0.717) is 17.7 Å². The summed E-state index contributed by atoms with van der Waals surface area (Å²) >= 11 is 0. The van der Waals surface area contributed by atoms with E-state index in [1.807, 2.05) is 36.4 Å². The van der Waals surface area contributed by atoms with Gasteiger partial charge in [-0.1, -0.05) is 73.6 Å². The normalized spacial score (nSPS) is 17.9. The third kappa shape index (κ3) is 2.74. The SMILES string of the molecule is CC(C)[C@H]1c2ccccc2C(/C(=N/O)c2ccccc2)=CN1C. The van der Waals surface area contributed by atoms with Gasteiger partial charge in [-0.15, -0.1) is 0 Å². The lowest BCUT2D eigenvalue weighted by molar-refractivity contribution is 0.260. The van der Waals surface area contributed by atoms with Crippen LogP contribution in [0.15, 0.2) is 66.0 Å². The summed E-state index contributed by atoms with van der Waals surface area (Å²) in [6.07, 6.45) is 2.09. The summed E-state index contributed by atoms with van der Waals surface area (Å²) in [6.45, 7) is 4.46. The number of rotatable bonds is 3. The van der Waals surface area contributed by atoms with Gasteiger partial charge in [0.2, 0.25) is 0 Å². The molecule has 1 aliphatic rings. The maximum absolute atomic E-state index is 9.65. The Morgan fingerprint density at radius 1 is 1.04 bits per heavy atom. The predicted octanol–water partition coefficient (Wildman–Crippen LogP) is 4.55.